The van der Waals surface area contributed by atoms with E-state index in [-0.39, 0.29) is 55.1 Å². The molecule has 0 aliphatic heterocycles. The van der Waals surface area contributed by atoms with E-state index in [9.17, 15) is 43.9 Å². The van der Waals surface area contributed by atoms with Gasteiger partial charge in [-0.2, -0.15) is 79.0 Å². The first-order valence-electron chi connectivity index (χ1n) is 22.9. The van der Waals surface area contributed by atoms with Crippen molar-refractivity contribution in [2.24, 2.45) is 0 Å². The maximum atomic E-state index is 16.1. The SMILES string of the molecule is CC(C)[Si](C#Cc1c2cc3ccccc3cc2c(C#C[Si](C(C)C)(C(C)C)C(C)C)c2cc3cc(C(F)(F)C(F)(F)C(F)(F)C(F)(F)F)c(C(F)(F)C(F)(F)C(F)(F)C(F)(F)F)cc3cc12)(C(C)C)C(C)C. The van der Waals surface area contributed by atoms with Crippen molar-refractivity contribution in [1.29, 1.82) is 0 Å². The van der Waals surface area contributed by atoms with Crippen molar-refractivity contribution in [3.8, 4) is 22.9 Å². The van der Waals surface area contributed by atoms with Crippen LogP contribution < -0.4 is 0 Å². The van der Waals surface area contributed by atoms with E-state index in [0.717, 1.165) is 12.1 Å². The molecule has 5 aromatic carbocycles. The minimum Gasteiger partial charge on any atom is -0.194 e. The molecule has 394 valence electrons. The lowest BCUT2D eigenvalue weighted by molar-refractivity contribution is -0.404. The van der Waals surface area contributed by atoms with E-state index in [1.165, 1.54) is 0 Å². The Hall–Kier alpha value is -4.57. The van der Waals surface area contributed by atoms with Gasteiger partial charge in [-0.25, -0.2) is 0 Å². The summed E-state index contributed by atoms with van der Waals surface area (Å²) < 4.78 is 264. The van der Waals surface area contributed by atoms with Gasteiger partial charge in [0.05, 0.1) is 0 Å². The second-order valence-electron chi connectivity index (χ2n) is 20.4. The molecule has 0 N–H and O–H groups in total. The van der Waals surface area contributed by atoms with Crippen molar-refractivity contribution in [3.63, 3.8) is 0 Å². The fraction of sp³-hybridized carbons (Fsp3) is 0.500. The van der Waals surface area contributed by atoms with E-state index in [4.69, 9.17) is 0 Å². The summed E-state index contributed by atoms with van der Waals surface area (Å²) in [4.78, 5) is 0. The summed E-state index contributed by atoms with van der Waals surface area (Å²) in [5.41, 5.74) is -0.0550. The highest BCUT2D eigenvalue weighted by atomic mass is 28.3. The van der Waals surface area contributed by atoms with Crippen LogP contribution in [0.2, 0.25) is 33.2 Å². The minimum atomic E-state index is -7.88. The van der Waals surface area contributed by atoms with E-state index in [1.807, 2.05) is 83.1 Å². The van der Waals surface area contributed by atoms with Crippen LogP contribution in [0.3, 0.4) is 0 Å². The third-order valence-corrected chi connectivity index (χ3v) is 27.2. The standard InChI is InChI=1S/C52H52F18Si2/c1-27(2)71(28(3)4,29(5)6)19-17-37-39-21-33-15-13-14-16-34(33)22-40(39)38(18-20-72(30(7)8,31(9)10)32(11)12)42-24-36-26-44(46(55,56)48(59,60)50(63,64)52(68,69)70)43(25-35(36)23-41(37)42)45(53,54)47(57,58)49(61,62)51(65,66)67/h13-16,21-32H,1-12H3. The average molecular weight is 1080 g/mol. The van der Waals surface area contributed by atoms with Gasteiger partial charge in [0.2, 0.25) is 0 Å². The lowest BCUT2D eigenvalue weighted by Crippen LogP contribution is -2.61. The molecule has 0 radical (unpaired) electrons. The van der Waals surface area contributed by atoms with Crippen molar-refractivity contribution in [3.05, 3.63) is 82.9 Å². The first kappa shape index (κ1) is 58.3. The molecule has 0 heterocycles. The Balaban J connectivity index is 2.21. The van der Waals surface area contributed by atoms with Crippen molar-refractivity contribution in [2.75, 3.05) is 0 Å². The molecule has 0 nitrogen and oxygen atoms in total. The van der Waals surface area contributed by atoms with E-state index in [1.54, 1.807) is 36.4 Å². The Bertz CT molecular complexity index is 2760. The monoisotopic (exact) mass is 1070 g/mol. The van der Waals surface area contributed by atoms with Crippen LogP contribution in [-0.2, 0) is 11.8 Å². The van der Waals surface area contributed by atoms with Crippen molar-refractivity contribution in [1.82, 2.24) is 0 Å². The summed E-state index contributed by atoms with van der Waals surface area (Å²) in [5, 5.41) is -0.425. The number of hydrogen-bond donors (Lipinski definition) is 0. The van der Waals surface area contributed by atoms with Crippen LogP contribution >= 0.6 is 0 Å². The lowest BCUT2D eigenvalue weighted by atomic mass is 9.84. The molecule has 0 aliphatic carbocycles. The van der Waals surface area contributed by atoms with Crippen LogP contribution in [0.4, 0.5) is 79.0 Å². The Morgan fingerprint density at radius 2 is 0.569 bits per heavy atom. The summed E-state index contributed by atoms with van der Waals surface area (Å²) in [6.45, 7) is 23.6. The third kappa shape index (κ3) is 8.73. The molecular weight excluding hydrogens is 1020 g/mol. The van der Waals surface area contributed by atoms with Gasteiger partial charge in [-0.05, 0) is 113 Å². The number of halogens is 18. The van der Waals surface area contributed by atoms with E-state index < -0.39 is 98.1 Å². The molecule has 0 spiro atoms. The van der Waals surface area contributed by atoms with Crippen molar-refractivity contribution in [2.45, 2.75) is 164 Å². The Morgan fingerprint density at radius 3 is 0.792 bits per heavy atom. The molecular formula is C52H52F18Si2. The molecule has 0 unspecified atom stereocenters. The van der Waals surface area contributed by atoms with Gasteiger partial charge in [0.25, 0.3) is 0 Å². The summed E-state index contributed by atoms with van der Waals surface area (Å²) in [7, 11) is -5.54. The quantitative estimate of drug-likeness (QED) is 0.0506. The first-order chi connectivity index (χ1) is 32.5. The fourth-order valence-corrected chi connectivity index (χ4v) is 21.2. The summed E-state index contributed by atoms with van der Waals surface area (Å²) in [6.07, 6.45) is -15.2. The lowest BCUT2D eigenvalue weighted by Gasteiger charge is -2.38. The zero-order valence-corrected chi connectivity index (χ0v) is 43.0. The normalized spacial score (nSPS) is 14.5. The molecule has 0 amide bonds. The molecule has 0 saturated heterocycles. The van der Waals surface area contributed by atoms with Crippen LogP contribution in [0.5, 0.6) is 0 Å². The molecule has 20 heteroatoms. The van der Waals surface area contributed by atoms with Gasteiger partial charge in [-0.3, -0.25) is 0 Å². The summed E-state index contributed by atoms with van der Waals surface area (Å²) in [5.74, 6) is -39.7. The van der Waals surface area contributed by atoms with Crippen LogP contribution in [-0.4, -0.2) is 52.2 Å². The minimum absolute atomic E-state index is 0.0280. The highest BCUT2D eigenvalue weighted by Gasteiger charge is 2.85. The number of hydrogen-bond acceptors (Lipinski definition) is 0. The molecule has 72 heavy (non-hydrogen) atoms. The van der Waals surface area contributed by atoms with Gasteiger partial charge < -0.3 is 0 Å². The van der Waals surface area contributed by atoms with Crippen LogP contribution in [0.15, 0.2) is 60.7 Å². The molecule has 0 fully saturated rings. The molecule has 0 aliphatic rings. The van der Waals surface area contributed by atoms with Gasteiger partial charge in [0.15, 0.2) is 0 Å². The predicted molar refractivity (Wildman–Crippen MR) is 252 cm³/mol. The summed E-state index contributed by atoms with van der Waals surface area (Å²) >= 11 is 0. The van der Waals surface area contributed by atoms with E-state index >= 15 is 35.1 Å². The summed E-state index contributed by atoms with van der Waals surface area (Å²) in [6, 6.07) is 10.7. The highest BCUT2D eigenvalue weighted by Crippen LogP contribution is 2.62. The molecule has 0 bridgehead atoms. The molecule has 0 saturated carbocycles. The van der Waals surface area contributed by atoms with E-state index in [0.29, 0.717) is 21.5 Å². The maximum Gasteiger partial charge on any atom is 0.460 e. The van der Waals surface area contributed by atoms with Gasteiger partial charge in [0.1, 0.15) is 16.1 Å². The zero-order valence-electron chi connectivity index (χ0n) is 41.0. The number of fused-ring (bicyclic) bond motifs is 4. The van der Waals surface area contributed by atoms with Crippen LogP contribution in [0.1, 0.15) is 105 Å². The first-order valence-corrected chi connectivity index (χ1v) is 27.3. The van der Waals surface area contributed by atoms with Gasteiger partial charge in [0, 0.05) is 22.3 Å². The van der Waals surface area contributed by atoms with Gasteiger partial charge >= 0.3 is 47.9 Å². The predicted octanol–water partition coefficient (Wildman–Crippen LogP) is 19.3. The number of benzene rings is 5. The fourth-order valence-electron chi connectivity index (χ4n) is 10.8. The Morgan fingerprint density at radius 1 is 0.333 bits per heavy atom. The topological polar surface area (TPSA) is 0 Å². The van der Waals surface area contributed by atoms with Crippen LogP contribution in [0.25, 0.3) is 43.1 Å². The zero-order chi connectivity index (χ0) is 55.3. The Labute approximate surface area is 407 Å². The van der Waals surface area contributed by atoms with Crippen molar-refractivity contribution < 1.29 is 79.0 Å². The molecule has 0 aromatic heterocycles. The molecule has 5 rings (SSSR count). The third-order valence-electron chi connectivity index (χ3n) is 14.6. The average Bonchev–Trinajstić information content (AvgIpc) is 3.23. The van der Waals surface area contributed by atoms with Crippen LogP contribution in [0, 0.1) is 22.9 Å². The Kier molecular flexibility index (Phi) is 15.1. The molecule has 5 aromatic rings. The van der Waals surface area contributed by atoms with Gasteiger partial charge in [-0.1, -0.05) is 119 Å². The second kappa shape index (κ2) is 18.7. The number of alkyl halides is 18. The smallest absolute Gasteiger partial charge is 0.194 e. The van der Waals surface area contributed by atoms with E-state index in [2.05, 4.69) is 22.9 Å². The number of rotatable bonds is 12. The highest BCUT2D eigenvalue weighted by molar-refractivity contribution is 6.91. The van der Waals surface area contributed by atoms with Crippen molar-refractivity contribution >= 4 is 59.2 Å². The second-order valence-corrected chi connectivity index (χ2v) is 31.5. The van der Waals surface area contributed by atoms with Gasteiger partial charge in [-0.15, -0.1) is 11.1 Å². The molecule has 0 atom stereocenters. The largest absolute Gasteiger partial charge is 0.460 e. The maximum absolute atomic E-state index is 16.1.